The lowest BCUT2D eigenvalue weighted by atomic mass is 9.95. The van der Waals surface area contributed by atoms with Crippen molar-refractivity contribution in [3.8, 4) is 0 Å². The third-order valence-electron chi connectivity index (χ3n) is 4.12. The molecule has 2 N–H and O–H groups in total. The first-order valence-corrected chi connectivity index (χ1v) is 9.17. The molecule has 1 saturated heterocycles. The molecule has 0 aromatic carbocycles. The number of nitrogens with one attached hydrogen (secondary N) is 2. The van der Waals surface area contributed by atoms with Crippen LogP contribution in [-0.2, 0) is 10.0 Å². The molecule has 2 unspecified atom stereocenters. The molecule has 0 amide bonds. The van der Waals surface area contributed by atoms with Crippen LogP contribution in [0.2, 0.25) is 0 Å². The van der Waals surface area contributed by atoms with Crippen LogP contribution in [0, 0.1) is 5.92 Å². The van der Waals surface area contributed by atoms with Gasteiger partial charge in [0.15, 0.2) is 0 Å². The minimum absolute atomic E-state index is 0.257. The standard InChI is InChI=1S/C14H26N2O2S/c17-19(18,11-9-14-8-4-5-10-15-14)16-12-13-6-2-1-3-7-13/h1-2,13-16H,3-12H2. The van der Waals surface area contributed by atoms with Crippen LogP contribution in [0.1, 0.15) is 44.9 Å². The molecule has 1 fully saturated rings. The summed E-state index contributed by atoms with van der Waals surface area (Å²) in [4.78, 5) is 0. The molecular formula is C14H26N2O2S. The van der Waals surface area contributed by atoms with Gasteiger partial charge in [-0.25, -0.2) is 13.1 Å². The number of sulfonamides is 1. The van der Waals surface area contributed by atoms with Gasteiger partial charge in [0.1, 0.15) is 0 Å². The summed E-state index contributed by atoms with van der Waals surface area (Å²) in [6.07, 6.45) is 11.8. The summed E-state index contributed by atoms with van der Waals surface area (Å²) in [6.45, 7) is 1.64. The molecule has 1 heterocycles. The van der Waals surface area contributed by atoms with Crippen LogP contribution >= 0.6 is 0 Å². The van der Waals surface area contributed by atoms with Crippen molar-refractivity contribution < 1.29 is 8.42 Å². The summed E-state index contributed by atoms with van der Waals surface area (Å²) in [5, 5.41) is 3.40. The third-order valence-corrected chi connectivity index (χ3v) is 5.50. The molecular weight excluding hydrogens is 260 g/mol. The first kappa shape index (κ1) is 15.0. The molecule has 1 aliphatic carbocycles. The van der Waals surface area contributed by atoms with Crippen LogP contribution in [0.25, 0.3) is 0 Å². The Morgan fingerprint density at radius 1 is 1.21 bits per heavy atom. The van der Waals surface area contributed by atoms with E-state index in [4.69, 9.17) is 0 Å². The van der Waals surface area contributed by atoms with Crippen molar-refractivity contribution >= 4 is 10.0 Å². The van der Waals surface area contributed by atoms with Crippen LogP contribution in [0.3, 0.4) is 0 Å². The fraction of sp³-hybridized carbons (Fsp3) is 0.857. The van der Waals surface area contributed by atoms with Gasteiger partial charge in [-0.2, -0.15) is 0 Å². The lowest BCUT2D eigenvalue weighted by Gasteiger charge is -2.23. The van der Waals surface area contributed by atoms with Gasteiger partial charge in [0.05, 0.1) is 5.75 Å². The first-order valence-electron chi connectivity index (χ1n) is 7.51. The van der Waals surface area contributed by atoms with E-state index in [-0.39, 0.29) is 5.75 Å². The van der Waals surface area contributed by atoms with E-state index in [2.05, 4.69) is 22.2 Å². The van der Waals surface area contributed by atoms with Crippen LogP contribution in [0.4, 0.5) is 0 Å². The molecule has 0 radical (unpaired) electrons. The smallest absolute Gasteiger partial charge is 0.211 e. The van der Waals surface area contributed by atoms with E-state index < -0.39 is 10.0 Å². The highest BCUT2D eigenvalue weighted by Gasteiger charge is 2.18. The predicted octanol–water partition coefficient (Wildman–Crippen LogP) is 1.79. The molecule has 19 heavy (non-hydrogen) atoms. The lowest BCUT2D eigenvalue weighted by Crippen LogP contribution is -2.38. The molecule has 2 atom stereocenters. The summed E-state index contributed by atoms with van der Waals surface area (Å²) in [5.41, 5.74) is 0. The Morgan fingerprint density at radius 2 is 2.11 bits per heavy atom. The van der Waals surface area contributed by atoms with Gasteiger partial charge in [-0.15, -0.1) is 0 Å². The molecule has 0 bridgehead atoms. The van der Waals surface area contributed by atoms with E-state index >= 15 is 0 Å². The SMILES string of the molecule is O=S(=O)(CCC1CCCCN1)NCC1CC=CCC1. The zero-order valence-electron chi connectivity index (χ0n) is 11.6. The van der Waals surface area contributed by atoms with Gasteiger partial charge in [-0.05, 0) is 51.0 Å². The van der Waals surface area contributed by atoms with Gasteiger partial charge in [-0.1, -0.05) is 18.6 Å². The monoisotopic (exact) mass is 286 g/mol. The molecule has 0 aromatic rings. The highest BCUT2D eigenvalue weighted by Crippen LogP contribution is 2.17. The summed E-state index contributed by atoms with van der Waals surface area (Å²) in [5.74, 6) is 0.736. The van der Waals surface area contributed by atoms with Crippen LogP contribution in [0.15, 0.2) is 12.2 Å². The third kappa shape index (κ3) is 5.63. The van der Waals surface area contributed by atoms with Gasteiger partial charge in [0.25, 0.3) is 0 Å². The van der Waals surface area contributed by atoms with Crippen molar-refractivity contribution in [3.05, 3.63) is 12.2 Å². The van der Waals surface area contributed by atoms with E-state index in [9.17, 15) is 8.42 Å². The van der Waals surface area contributed by atoms with E-state index in [0.29, 0.717) is 18.5 Å². The van der Waals surface area contributed by atoms with Crippen LogP contribution in [-0.4, -0.2) is 33.3 Å². The fourth-order valence-electron chi connectivity index (χ4n) is 2.83. The van der Waals surface area contributed by atoms with Crippen molar-refractivity contribution in [1.82, 2.24) is 10.0 Å². The van der Waals surface area contributed by atoms with Crippen LogP contribution in [0.5, 0.6) is 0 Å². The van der Waals surface area contributed by atoms with Crippen molar-refractivity contribution in [1.29, 1.82) is 0 Å². The van der Waals surface area contributed by atoms with Gasteiger partial charge in [0, 0.05) is 12.6 Å². The van der Waals surface area contributed by atoms with E-state index in [1.807, 2.05) is 0 Å². The van der Waals surface area contributed by atoms with E-state index in [1.54, 1.807) is 0 Å². The molecule has 2 aliphatic rings. The second-order valence-electron chi connectivity index (χ2n) is 5.75. The first-order chi connectivity index (χ1) is 9.16. The second kappa shape index (κ2) is 7.41. The van der Waals surface area contributed by atoms with Gasteiger partial charge in [-0.3, -0.25) is 0 Å². The normalized spacial score (nSPS) is 28.4. The lowest BCUT2D eigenvalue weighted by molar-refractivity contribution is 0.391. The van der Waals surface area contributed by atoms with Crippen molar-refractivity contribution in [3.63, 3.8) is 0 Å². The van der Waals surface area contributed by atoms with Gasteiger partial charge >= 0.3 is 0 Å². The van der Waals surface area contributed by atoms with Crippen molar-refractivity contribution in [2.24, 2.45) is 5.92 Å². The zero-order chi connectivity index (χ0) is 13.6. The molecule has 0 spiro atoms. The van der Waals surface area contributed by atoms with E-state index in [1.165, 1.54) is 12.8 Å². The minimum Gasteiger partial charge on any atom is -0.314 e. The fourth-order valence-corrected chi connectivity index (χ4v) is 4.06. The Labute approximate surface area is 117 Å². The maximum atomic E-state index is 12.0. The molecule has 2 rings (SSSR count). The molecule has 1 aliphatic heterocycles. The number of allylic oxidation sites excluding steroid dienone is 2. The average molecular weight is 286 g/mol. The Morgan fingerprint density at radius 3 is 2.79 bits per heavy atom. The molecule has 4 nitrogen and oxygen atoms in total. The Kier molecular flexibility index (Phi) is 5.85. The zero-order valence-corrected chi connectivity index (χ0v) is 12.4. The quantitative estimate of drug-likeness (QED) is 0.732. The minimum atomic E-state index is -3.09. The van der Waals surface area contributed by atoms with Crippen molar-refractivity contribution in [2.75, 3.05) is 18.8 Å². The van der Waals surface area contributed by atoms with Crippen molar-refractivity contribution in [2.45, 2.75) is 51.0 Å². The summed E-state index contributed by atoms with van der Waals surface area (Å²) >= 11 is 0. The van der Waals surface area contributed by atoms with E-state index in [0.717, 1.165) is 38.6 Å². The highest BCUT2D eigenvalue weighted by atomic mass is 32.2. The summed E-state index contributed by atoms with van der Waals surface area (Å²) in [7, 11) is -3.09. The Balaban J connectivity index is 1.67. The Bertz CT molecular complexity index is 386. The topological polar surface area (TPSA) is 58.2 Å². The number of hydrogen-bond acceptors (Lipinski definition) is 3. The summed E-state index contributed by atoms with van der Waals surface area (Å²) < 4.78 is 26.7. The molecule has 5 heteroatoms. The predicted molar refractivity (Wildman–Crippen MR) is 78.5 cm³/mol. The number of piperidine rings is 1. The molecule has 0 aromatic heterocycles. The second-order valence-corrected chi connectivity index (χ2v) is 7.68. The average Bonchev–Trinajstić information content (AvgIpc) is 2.46. The summed E-state index contributed by atoms with van der Waals surface area (Å²) in [6, 6.07) is 0.392. The number of hydrogen-bond donors (Lipinski definition) is 2. The highest BCUT2D eigenvalue weighted by molar-refractivity contribution is 7.89. The largest absolute Gasteiger partial charge is 0.314 e. The maximum Gasteiger partial charge on any atom is 0.211 e. The van der Waals surface area contributed by atoms with Crippen LogP contribution < -0.4 is 10.0 Å². The number of rotatable bonds is 6. The molecule has 0 saturated carbocycles. The molecule has 110 valence electrons. The van der Waals surface area contributed by atoms with Gasteiger partial charge in [0.2, 0.25) is 10.0 Å². The Hall–Kier alpha value is -0.390. The maximum absolute atomic E-state index is 12.0. The van der Waals surface area contributed by atoms with Gasteiger partial charge < -0.3 is 5.32 Å².